The molecule has 4 nitrogen and oxygen atoms in total. The normalized spacial score (nSPS) is 11.0. The van der Waals surface area contributed by atoms with E-state index in [9.17, 15) is 14.0 Å². The third-order valence-corrected chi connectivity index (χ3v) is 3.77. The average Bonchev–Trinajstić information content (AvgIpc) is 2.93. The van der Waals surface area contributed by atoms with Crippen LogP contribution in [-0.2, 0) is 4.79 Å². The number of hydrogen-bond acceptors (Lipinski definition) is 3. The van der Waals surface area contributed by atoms with Crippen LogP contribution in [0.4, 0.5) is 10.1 Å². The van der Waals surface area contributed by atoms with Gasteiger partial charge in [-0.05, 0) is 42.3 Å². The molecule has 1 heterocycles. The predicted octanol–water partition coefficient (Wildman–Crippen LogP) is 4.79. The Morgan fingerprint density at radius 2 is 1.76 bits per heavy atom. The number of fused-ring (bicyclic) bond motifs is 1. The fourth-order valence-electron chi connectivity index (χ4n) is 2.62. The largest absolute Gasteiger partial charge is 0.450 e. The van der Waals surface area contributed by atoms with E-state index in [-0.39, 0.29) is 17.6 Å². The molecule has 5 heteroatoms. The summed E-state index contributed by atoms with van der Waals surface area (Å²) in [5.41, 5.74) is 1.16. The summed E-state index contributed by atoms with van der Waals surface area (Å²) in [6.07, 6.45) is 0.337. The Labute approximate surface area is 144 Å². The molecule has 1 N–H and O–H groups in total. The summed E-state index contributed by atoms with van der Waals surface area (Å²) < 4.78 is 18.8. The summed E-state index contributed by atoms with van der Waals surface area (Å²) in [6, 6.07) is 12.3. The number of nitrogens with one attached hydrogen (secondary N) is 1. The highest BCUT2D eigenvalue weighted by Gasteiger charge is 2.23. The molecule has 3 rings (SSSR count). The second-order valence-corrected chi connectivity index (χ2v) is 6.28. The lowest BCUT2D eigenvalue weighted by Crippen LogP contribution is -2.15. The molecule has 1 amide bonds. The molecule has 0 atom stereocenters. The molecule has 0 spiro atoms. The zero-order valence-corrected chi connectivity index (χ0v) is 14.0. The van der Waals surface area contributed by atoms with Crippen LogP contribution >= 0.6 is 0 Å². The molecule has 25 heavy (non-hydrogen) atoms. The monoisotopic (exact) mass is 339 g/mol. The third-order valence-electron chi connectivity index (χ3n) is 3.77. The zero-order chi connectivity index (χ0) is 18.0. The second-order valence-electron chi connectivity index (χ2n) is 6.28. The molecular formula is C20H18FNO3. The van der Waals surface area contributed by atoms with Crippen LogP contribution in [0.5, 0.6) is 0 Å². The van der Waals surface area contributed by atoms with Gasteiger partial charge in [-0.1, -0.05) is 26.0 Å². The van der Waals surface area contributed by atoms with Crippen LogP contribution < -0.4 is 5.32 Å². The average molecular weight is 339 g/mol. The van der Waals surface area contributed by atoms with Crippen LogP contribution in [0.2, 0.25) is 0 Å². The van der Waals surface area contributed by atoms with Gasteiger partial charge in [-0.2, -0.15) is 0 Å². The molecule has 0 aliphatic heterocycles. The van der Waals surface area contributed by atoms with Gasteiger partial charge in [-0.15, -0.1) is 0 Å². The highest BCUT2D eigenvalue weighted by atomic mass is 19.1. The molecule has 2 aromatic carbocycles. The van der Waals surface area contributed by atoms with Crippen molar-refractivity contribution in [2.24, 2.45) is 5.92 Å². The minimum absolute atomic E-state index is 0.0462. The number of amides is 1. The van der Waals surface area contributed by atoms with E-state index >= 15 is 0 Å². The number of carbonyl (C=O) groups excluding carboxylic acids is 2. The van der Waals surface area contributed by atoms with Crippen molar-refractivity contribution in [1.29, 1.82) is 0 Å². The minimum Gasteiger partial charge on any atom is -0.450 e. The van der Waals surface area contributed by atoms with Crippen LogP contribution in [0.15, 0.2) is 52.9 Å². The van der Waals surface area contributed by atoms with Crippen LogP contribution in [0.3, 0.4) is 0 Å². The van der Waals surface area contributed by atoms with Crippen molar-refractivity contribution < 1.29 is 18.4 Å². The first-order chi connectivity index (χ1) is 12.0. The molecule has 0 aliphatic rings. The number of halogens is 1. The highest BCUT2D eigenvalue weighted by molar-refractivity contribution is 6.17. The Kier molecular flexibility index (Phi) is 4.65. The molecular weight excluding hydrogens is 321 g/mol. The van der Waals surface area contributed by atoms with Crippen molar-refractivity contribution in [2.75, 3.05) is 5.32 Å². The molecule has 0 bridgehead atoms. The molecule has 0 aliphatic carbocycles. The first kappa shape index (κ1) is 16.9. The Balaban J connectivity index is 2.04. The molecule has 128 valence electrons. The van der Waals surface area contributed by atoms with Crippen molar-refractivity contribution in [1.82, 2.24) is 0 Å². The lowest BCUT2D eigenvalue weighted by atomic mass is 10.1. The third kappa shape index (κ3) is 3.60. The van der Waals surface area contributed by atoms with Crippen LogP contribution in [0.1, 0.15) is 36.4 Å². The van der Waals surface area contributed by atoms with Gasteiger partial charge in [-0.3, -0.25) is 9.59 Å². The number of para-hydroxylation sites is 1. The summed E-state index contributed by atoms with van der Waals surface area (Å²) in [5, 5.41) is 3.46. The molecule has 1 aromatic heterocycles. The number of carbonyl (C=O) groups is 2. The molecule has 0 fully saturated rings. The molecule has 0 saturated carbocycles. The van der Waals surface area contributed by atoms with Gasteiger partial charge < -0.3 is 9.73 Å². The zero-order valence-electron chi connectivity index (χ0n) is 14.0. The number of ketones is 1. The highest BCUT2D eigenvalue weighted by Crippen LogP contribution is 2.32. The number of benzene rings is 2. The Bertz CT molecular complexity index is 926. The fourth-order valence-corrected chi connectivity index (χ4v) is 2.62. The fraction of sp³-hybridized carbons (Fsp3) is 0.200. The molecule has 0 saturated heterocycles. The van der Waals surface area contributed by atoms with Crippen molar-refractivity contribution in [3.8, 4) is 0 Å². The number of anilines is 1. The van der Waals surface area contributed by atoms with E-state index in [2.05, 4.69) is 5.32 Å². The van der Waals surface area contributed by atoms with Gasteiger partial charge >= 0.3 is 0 Å². The van der Waals surface area contributed by atoms with E-state index in [0.717, 1.165) is 0 Å². The van der Waals surface area contributed by atoms with E-state index < -0.39 is 11.6 Å². The van der Waals surface area contributed by atoms with Gasteiger partial charge in [0.1, 0.15) is 11.4 Å². The number of rotatable bonds is 5. The standard InChI is InChI=1S/C20H18FNO3/c1-12(2)11-17(23)22-18-15-5-3-4-6-16(15)25-20(18)19(24)13-7-9-14(21)10-8-13/h3-10,12H,11H2,1-2H3,(H,22,23). The summed E-state index contributed by atoms with van der Waals surface area (Å²) in [5.74, 6) is -0.781. The van der Waals surface area contributed by atoms with Gasteiger partial charge in [-0.25, -0.2) is 4.39 Å². The smallest absolute Gasteiger partial charge is 0.230 e. The summed E-state index contributed by atoms with van der Waals surface area (Å²) in [6.45, 7) is 3.88. The second kappa shape index (κ2) is 6.89. The van der Waals surface area contributed by atoms with E-state index in [1.165, 1.54) is 24.3 Å². The van der Waals surface area contributed by atoms with E-state index in [4.69, 9.17) is 4.42 Å². The quantitative estimate of drug-likeness (QED) is 0.680. The van der Waals surface area contributed by atoms with Gasteiger partial charge in [0.05, 0.1) is 5.69 Å². The predicted molar refractivity (Wildman–Crippen MR) is 94.1 cm³/mol. The van der Waals surface area contributed by atoms with E-state index in [1.807, 2.05) is 19.9 Å². The van der Waals surface area contributed by atoms with Gasteiger partial charge in [0.15, 0.2) is 5.76 Å². The first-order valence-electron chi connectivity index (χ1n) is 8.07. The van der Waals surface area contributed by atoms with Crippen molar-refractivity contribution in [3.05, 3.63) is 65.7 Å². The lowest BCUT2D eigenvalue weighted by Gasteiger charge is -2.07. The van der Waals surface area contributed by atoms with Crippen LogP contribution in [0.25, 0.3) is 11.0 Å². The number of furan rings is 1. The van der Waals surface area contributed by atoms with Gasteiger partial charge in [0, 0.05) is 17.4 Å². The molecule has 3 aromatic rings. The van der Waals surface area contributed by atoms with Crippen molar-refractivity contribution in [3.63, 3.8) is 0 Å². The maximum atomic E-state index is 13.1. The Morgan fingerprint density at radius 1 is 1.08 bits per heavy atom. The maximum absolute atomic E-state index is 13.1. The topological polar surface area (TPSA) is 59.3 Å². The summed E-state index contributed by atoms with van der Waals surface area (Å²) in [4.78, 5) is 25.0. The minimum atomic E-state index is -0.424. The van der Waals surface area contributed by atoms with Crippen molar-refractivity contribution in [2.45, 2.75) is 20.3 Å². The summed E-state index contributed by atoms with van der Waals surface area (Å²) in [7, 11) is 0. The van der Waals surface area contributed by atoms with Crippen LogP contribution in [0, 0.1) is 11.7 Å². The first-order valence-corrected chi connectivity index (χ1v) is 8.07. The van der Waals surface area contributed by atoms with Crippen molar-refractivity contribution >= 4 is 28.3 Å². The summed E-state index contributed by atoms with van der Waals surface area (Å²) >= 11 is 0. The number of hydrogen-bond donors (Lipinski definition) is 1. The Morgan fingerprint density at radius 3 is 2.44 bits per heavy atom. The SMILES string of the molecule is CC(C)CC(=O)Nc1c(C(=O)c2ccc(F)cc2)oc2ccccc12. The molecule has 0 unspecified atom stereocenters. The maximum Gasteiger partial charge on any atom is 0.230 e. The molecule has 0 radical (unpaired) electrons. The van der Waals surface area contributed by atoms with E-state index in [0.29, 0.717) is 28.6 Å². The van der Waals surface area contributed by atoms with E-state index in [1.54, 1.807) is 18.2 Å². The lowest BCUT2D eigenvalue weighted by molar-refractivity contribution is -0.116. The van der Waals surface area contributed by atoms with Crippen LogP contribution in [-0.4, -0.2) is 11.7 Å². The Hall–Kier alpha value is -2.95. The van der Waals surface area contributed by atoms with Gasteiger partial charge in [0.2, 0.25) is 11.7 Å². The van der Waals surface area contributed by atoms with Gasteiger partial charge in [0.25, 0.3) is 0 Å².